The zero-order chi connectivity index (χ0) is 20.6. The molecule has 0 bridgehead atoms. The first-order valence-corrected chi connectivity index (χ1v) is 9.91. The number of benzene rings is 3. The van der Waals surface area contributed by atoms with E-state index < -0.39 is 21.8 Å². The fourth-order valence-electron chi connectivity index (χ4n) is 2.93. The van der Waals surface area contributed by atoms with Crippen LogP contribution in [0.3, 0.4) is 0 Å². The number of alkyl halides is 3. The molecule has 1 N–H and O–H groups in total. The zero-order valence-corrected chi connectivity index (χ0v) is 15.5. The summed E-state index contributed by atoms with van der Waals surface area (Å²) in [6.45, 7) is -0.0632. The molecule has 0 spiro atoms. The van der Waals surface area contributed by atoms with Crippen LogP contribution in [0.15, 0.2) is 71.6 Å². The first-order chi connectivity index (χ1) is 13.7. The summed E-state index contributed by atoms with van der Waals surface area (Å²) in [5.41, 5.74) is -0.342. The summed E-state index contributed by atoms with van der Waals surface area (Å²) in [6, 6.07) is 15.1. The molecule has 1 aliphatic rings. The van der Waals surface area contributed by atoms with Gasteiger partial charge in [0.1, 0.15) is 0 Å². The molecule has 0 atom stereocenters. The molecule has 0 fully saturated rings. The van der Waals surface area contributed by atoms with E-state index in [1.165, 1.54) is 36.4 Å². The van der Waals surface area contributed by atoms with Crippen molar-refractivity contribution in [2.45, 2.75) is 11.1 Å². The second kappa shape index (κ2) is 7.00. The van der Waals surface area contributed by atoms with E-state index in [-0.39, 0.29) is 28.5 Å². The van der Waals surface area contributed by atoms with E-state index in [2.05, 4.69) is 4.72 Å². The Hall–Kier alpha value is -3.20. The van der Waals surface area contributed by atoms with Crippen molar-refractivity contribution in [3.05, 3.63) is 72.3 Å². The largest absolute Gasteiger partial charge is 0.454 e. The Morgan fingerprint density at radius 3 is 2.24 bits per heavy atom. The van der Waals surface area contributed by atoms with Crippen molar-refractivity contribution in [2.24, 2.45) is 0 Å². The van der Waals surface area contributed by atoms with Crippen molar-refractivity contribution in [3.63, 3.8) is 0 Å². The first-order valence-electron chi connectivity index (χ1n) is 8.43. The molecule has 9 heteroatoms. The van der Waals surface area contributed by atoms with Crippen molar-refractivity contribution in [1.29, 1.82) is 0 Å². The summed E-state index contributed by atoms with van der Waals surface area (Å²) < 4.78 is 78.0. The van der Waals surface area contributed by atoms with Crippen LogP contribution in [0.25, 0.3) is 11.1 Å². The maximum absolute atomic E-state index is 13.1. The van der Waals surface area contributed by atoms with Crippen molar-refractivity contribution in [3.8, 4) is 22.6 Å². The second-order valence-corrected chi connectivity index (χ2v) is 7.93. The Labute approximate surface area is 164 Å². The number of rotatable bonds is 4. The lowest BCUT2D eigenvalue weighted by atomic mass is 10.0. The molecule has 150 valence electrons. The molecule has 29 heavy (non-hydrogen) atoms. The Morgan fingerprint density at radius 1 is 0.862 bits per heavy atom. The average molecular weight is 421 g/mol. The van der Waals surface area contributed by atoms with Crippen LogP contribution in [0.2, 0.25) is 0 Å². The fraction of sp³-hybridized carbons (Fsp3) is 0.100. The van der Waals surface area contributed by atoms with Gasteiger partial charge in [0, 0.05) is 11.6 Å². The molecule has 3 aromatic rings. The van der Waals surface area contributed by atoms with E-state index in [1.807, 2.05) is 0 Å². The Morgan fingerprint density at radius 2 is 1.55 bits per heavy atom. The highest BCUT2D eigenvalue weighted by Crippen LogP contribution is 2.43. The standard InChI is InChI=1S/C20H14F3NO4S/c21-20(22,23)14-6-4-5-13(9-14)16-10-18-19(28-12-27-18)11-17(16)24-29(25,26)15-7-2-1-3-8-15/h1-11,24H,12H2. The molecule has 4 rings (SSSR count). The number of hydrogen-bond donors (Lipinski definition) is 1. The van der Waals surface area contributed by atoms with Gasteiger partial charge in [0.05, 0.1) is 16.1 Å². The molecule has 1 aliphatic heterocycles. The quantitative estimate of drug-likeness (QED) is 0.651. The molecule has 0 aromatic heterocycles. The molecule has 5 nitrogen and oxygen atoms in total. The van der Waals surface area contributed by atoms with Crippen LogP contribution in [-0.4, -0.2) is 15.2 Å². The lowest BCUT2D eigenvalue weighted by molar-refractivity contribution is -0.137. The van der Waals surface area contributed by atoms with Gasteiger partial charge in [-0.2, -0.15) is 13.2 Å². The number of anilines is 1. The number of nitrogens with one attached hydrogen (secondary N) is 1. The third-order valence-corrected chi connectivity index (χ3v) is 5.69. The topological polar surface area (TPSA) is 64.6 Å². The van der Waals surface area contributed by atoms with Gasteiger partial charge >= 0.3 is 6.18 Å². The Kier molecular flexibility index (Phi) is 4.62. The maximum Gasteiger partial charge on any atom is 0.416 e. The molecule has 0 aliphatic carbocycles. The first kappa shape index (κ1) is 19.1. The van der Waals surface area contributed by atoms with Crippen LogP contribution in [0.5, 0.6) is 11.5 Å². The van der Waals surface area contributed by atoms with E-state index in [0.717, 1.165) is 12.1 Å². The number of ether oxygens (including phenoxy) is 2. The van der Waals surface area contributed by atoms with Crippen LogP contribution in [0.4, 0.5) is 18.9 Å². The molecule has 3 aromatic carbocycles. The third kappa shape index (κ3) is 3.86. The van der Waals surface area contributed by atoms with Crippen LogP contribution in [0.1, 0.15) is 5.56 Å². The SMILES string of the molecule is O=S(=O)(Nc1cc2c(cc1-c1cccc(C(F)(F)F)c1)OCO2)c1ccccc1. The number of fused-ring (bicyclic) bond motifs is 1. The van der Waals surface area contributed by atoms with Crippen LogP contribution < -0.4 is 14.2 Å². The average Bonchev–Trinajstić information content (AvgIpc) is 3.14. The zero-order valence-electron chi connectivity index (χ0n) is 14.7. The van der Waals surface area contributed by atoms with Gasteiger partial charge in [-0.3, -0.25) is 4.72 Å². The second-order valence-electron chi connectivity index (χ2n) is 6.25. The summed E-state index contributed by atoms with van der Waals surface area (Å²) in [6.07, 6.45) is -4.53. The Balaban J connectivity index is 1.83. The van der Waals surface area contributed by atoms with E-state index in [4.69, 9.17) is 9.47 Å². The normalized spacial score (nSPS) is 13.3. The van der Waals surface area contributed by atoms with E-state index in [0.29, 0.717) is 11.5 Å². The summed E-state index contributed by atoms with van der Waals surface area (Å²) >= 11 is 0. The van der Waals surface area contributed by atoms with Crippen molar-refractivity contribution in [1.82, 2.24) is 0 Å². The van der Waals surface area contributed by atoms with Gasteiger partial charge in [-0.25, -0.2) is 8.42 Å². The van der Waals surface area contributed by atoms with Crippen LogP contribution in [0, 0.1) is 0 Å². The van der Waals surface area contributed by atoms with Crippen LogP contribution >= 0.6 is 0 Å². The smallest absolute Gasteiger partial charge is 0.416 e. The van der Waals surface area contributed by atoms with Crippen LogP contribution in [-0.2, 0) is 16.2 Å². The predicted molar refractivity (Wildman–Crippen MR) is 100 cm³/mol. The van der Waals surface area contributed by atoms with E-state index >= 15 is 0 Å². The maximum atomic E-state index is 13.1. The minimum atomic E-state index is -4.53. The molecule has 0 unspecified atom stereocenters. The van der Waals surface area contributed by atoms with Gasteiger partial charge in [0.2, 0.25) is 6.79 Å². The lowest BCUT2D eigenvalue weighted by Gasteiger charge is -2.15. The Bertz CT molecular complexity index is 1160. The summed E-state index contributed by atoms with van der Waals surface area (Å²) in [4.78, 5) is 0.0210. The van der Waals surface area contributed by atoms with Gasteiger partial charge in [0.15, 0.2) is 11.5 Å². The minimum Gasteiger partial charge on any atom is -0.454 e. The summed E-state index contributed by atoms with van der Waals surface area (Å²) in [7, 11) is -3.97. The molecule has 0 saturated carbocycles. The van der Waals surface area contributed by atoms with Crippen molar-refractivity contribution in [2.75, 3.05) is 11.5 Å². The molecule has 0 saturated heterocycles. The number of halogens is 3. The molecule has 0 amide bonds. The van der Waals surface area contributed by atoms with E-state index in [1.54, 1.807) is 18.2 Å². The van der Waals surface area contributed by atoms with Crippen molar-refractivity contribution < 1.29 is 31.1 Å². The number of hydrogen-bond acceptors (Lipinski definition) is 4. The highest BCUT2D eigenvalue weighted by atomic mass is 32.2. The van der Waals surface area contributed by atoms with Gasteiger partial charge in [-0.15, -0.1) is 0 Å². The summed E-state index contributed by atoms with van der Waals surface area (Å²) in [5.74, 6) is 0.617. The number of sulfonamides is 1. The highest BCUT2D eigenvalue weighted by Gasteiger charge is 2.31. The lowest BCUT2D eigenvalue weighted by Crippen LogP contribution is -2.13. The minimum absolute atomic E-state index is 0.0210. The van der Waals surface area contributed by atoms with Crippen molar-refractivity contribution >= 4 is 15.7 Å². The molecule has 1 heterocycles. The van der Waals surface area contributed by atoms with Gasteiger partial charge in [0.25, 0.3) is 10.0 Å². The fourth-order valence-corrected chi connectivity index (χ4v) is 4.02. The van der Waals surface area contributed by atoms with E-state index in [9.17, 15) is 21.6 Å². The predicted octanol–water partition coefficient (Wildman–Crippen LogP) is 4.90. The monoisotopic (exact) mass is 421 g/mol. The molecular weight excluding hydrogens is 407 g/mol. The molecule has 0 radical (unpaired) electrons. The van der Waals surface area contributed by atoms with Gasteiger partial charge in [-0.1, -0.05) is 30.3 Å². The van der Waals surface area contributed by atoms with Gasteiger partial charge < -0.3 is 9.47 Å². The van der Waals surface area contributed by atoms with Gasteiger partial charge in [-0.05, 0) is 35.9 Å². The summed E-state index contributed by atoms with van der Waals surface area (Å²) in [5, 5.41) is 0. The third-order valence-electron chi connectivity index (χ3n) is 4.31. The molecular formula is C20H14F3NO4S. The highest BCUT2D eigenvalue weighted by molar-refractivity contribution is 7.92.